The quantitative estimate of drug-likeness (QED) is 0.601. The van der Waals surface area contributed by atoms with Gasteiger partial charge >= 0.3 is 0 Å². The van der Waals surface area contributed by atoms with Gasteiger partial charge in [-0.15, -0.1) is 0 Å². The van der Waals surface area contributed by atoms with Crippen molar-refractivity contribution in [1.82, 2.24) is 9.55 Å². The first kappa shape index (κ1) is 13.5. The number of rotatable bonds is 5. The van der Waals surface area contributed by atoms with Crippen molar-refractivity contribution in [1.29, 1.82) is 10.8 Å². The van der Waals surface area contributed by atoms with Crippen LogP contribution < -0.4 is 5.49 Å². The molecule has 0 amide bonds. The molecule has 0 aliphatic rings. The van der Waals surface area contributed by atoms with E-state index in [1.807, 2.05) is 0 Å². The van der Waals surface area contributed by atoms with E-state index >= 15 is 0 Å². The zero-order valence-corrected chi connectivity index (χ0v) is 10.3. The van der Waals surface area contributed by atoms with Crippen LogP contribution in [-0.4, -0.2) is 15.4 Å². The highest BCUT2D eigenvalue weighted by molar-refractivity contribution is 5.83. The van der Waals surface area contributed by atoms with Gasteiger partial charge in [-0.05, 0) is 12.8 Å². The van der Waals surface area contributed by atoms with Crippen LogP contribution >= 0.6 is 0 Å². The van der Waals surface area contributed by atoms with Crippen molar-refractivity contribution in [2.45, 2.75) is 39.5 Å². The van der Waals surface area contributed by atoms with E-state index in [4.69, 9.17) is 10.8 Å². The molecule has 17 heavy (non-hydrogen) atoms. The maximum atomic E-state index is 13.2. The molecular weight excluding hydrogens is 219 g/mol. The van der Waals surface area contributed by atoms with E-state index in [1.165, 1.54) is 17.0 Å². The molecule has 0 aliphatic heterocycles. The zero-order valence-electron chi connectivity index (χ0n) is 10.3. The van der Waals surface area contributed by atoms with Gasteiger partial charge in [-0.3, -0.25) is 15.4 Å². The summed E-state index contributed by atoms with van der Waals surface area (Å²) in [6, 6.07) is 0. The molecule has 1 rings (SSSR count). The number of aromatic nitrogens is 2. The third kappa shape index (κ3) is 3.22. The van der Waals surface area contributed by atoms with E-state index in [-0.39, 0.29) is 11.4 Å². The second-order valence-corrected chi connectivity index (χ2v) is 4.10. The predicted molar refractivity (Wildman–Crippen MR) is 64.5 cm³/mol. The first-order valence-electron chi connectivity index (χ1n) is 5.98. The molecule has 1 aromatic rings. The van der Waals surface area contributed by atoms with Crippen LogP contribution in [-0.2, 0) is 0 Å². The first-order chi connectivity index (χ1) is 8.11. The predicted octanol–water partition coefficient (Wildman–Crippen LogP) is 2.54. The summed E-state index contributed by atoms with van der Waals surface area (Å²) in [5.74, 6) is -0.454. The number of nitrogens with zero attached hydrogens (tertiary/aromatic N) is 2. The third-order valence-corrected chi connectivity index (χ3v) is 2.76. The molecule has 5 heteroatoms. The van der Waals surface area contributed by atoms with Gasteiger partial charge in [0.15, 0.2) is 5.49 Å². The van der Waals surface area contributed by atoms with Crippen molar-refractivity contribution >= 4 is 5.84 Å². The third-order valence-electron chi connectivity index (χ3n) is 2.76. The lowest BCUT2D eigenvalue weighted by atomic mass is 9.97. The Hall–Kier alpha value is -1.52. The standard InChI is InChI=1S/C12H19FN4/c1-3-5-9(6-4-2)11(14)17-8-7-16-10(13)12(17)15/h7-9,14-15H,3-6H2,1-2H3. The molecule has 0 radical (unpaired) electrons. The Morgan fingerprint density at radius 3 is 2.53 bits per heavy atom. The molecule has 2 N–H and O–H groups in total. The topological polar surface area (TPSA) is 65.5 Å². The average molecular weight is 238 g/mol. The minimum absolute atomic E-state index is 0.0842. The Kier molecular flexibility index (Phi) is 5.00. The number of hydrogen-bond acceptors (Lipinski definition) is 3. The Morgan fingerprint density at radius 2 is 2.00 bits per heavy atom. The van der Waals surface area contributed by atoms with E-state index in [9.17, 15) is 4.39 Å². The van der Waals surface area contributed by atoms with Crippen LogP contribution in [0.2, 0.25) is 0 Å². The van der Waals surface area contributed by atoms with Gasteiger partial charge in [0.05, 0.1) is 0 Å². The molecule has 0 unspecified atom stereocenters. The van der Waals surface area contributed by atoms with Gasteiger partial charge in [0.2, 0.25) is 0 Å². The van der Waals surface area contributed by atoms with Crippen molar-refractivity contribution in [3.8, 4) is 0 Å². The van der Waals surface area contributed by atoms with Crippen LogP contribution in [0.3, 0.4) is 0 Å². The molecule has 0 saturated heterocycles. The Labute approximate surface area is 101 Å². The summed E-state index contributed by atoms with van der Waals surface area (Å²) in [5, 5.41) is 15.6. The summed E-state index contributed by atoms with van der Waals surface area (Å²) in [6.07, 6.45) is 6.51. The van der Waals surface area contributed by atoms with E-state index in [0.29, 0.717) is 5.84 Å². The molecular formula is C12H19FN4. The van der Waals surface area contributed by atoms with Crippen molar-refractivity contribution < 1.29 is 4.39 Å². The molecule has 0 bridgehead atoms. The van der Waals surface area contributed by atoms with Crippen LogP contribution in [0, 0.1) is 22.7 Å². The SMILES string of the molecule is CCCC(CCC)C(=N)n1ccnc(F)c1=N. The maximum Gasteiger partial charge on any atom is 0.255 e. The molecule has 0 spiro atoms. The average Bonchev–Trinajstić information content (AvgIpc) is 2.31. The fourth-order valence-corrected chi connectivity index (χ4v) is 1.91. The molecule has 4 nitrogen and oxygen atoms in total. The van der Waals surface area contributed by atoms with Gasteiger partial charge in [0, 0.05) is 18.3 Å². The minimum Gasteiger partial charge on any atom is -0.288 e. The summed E-state index contributed by atoms with van der Waals surface area (Å²) >= 11 is 0. The van der Waals surface area contributed by atoms with Crippen molar-refractivity contribution in [3.05, 3.63) is 23.8 Å². The number of halogens is 1. The molecule has 1 heterocycles. The normalized spacial score (nSPS) is 10.8. The van der Waals surface area contributed by atoms with Crippen LogP contribution in [0.5, 0.6) is 0 Å². The molecule has 0 aromatic carbocycles. The Bertz CT molecular complexity index is 432. The Morgan fingerprint density at radius 1 is 1.41 bits per heavy atom. The van der Waals surface area contributed by atoms with Crippen molar-refractivity contribution in [2.24, 2.45) is 5.92 Å². The smallest absolute Gasteiger partial charge is 0.255 e. The van der Waals surface area contributed by atoms with Gasteiger partial charge in [-0.2, -0.15) is 4.39 Å². The van der Waals surface area contributed by atoms with Gasteiger partial charge in [-0.1, -0.05) is 26.7 Å². The van der Waals surface area contributed by atoms with Crippen LogP contribution in [0.4, 0.5) is 4.39 Å². The first-order valence-corrected chi connectivity index (χ1v) is 5.98. The van der Waals surface area contributed by atoms with E-state index in [2.05, 4.69) is 18.8 Å². The lowest BCUT2D eigenvalue weighted by molar-refractivity contribution is 0.521. The number of nitrogens with one attached hydrogen (secondary N) is 2. The van der Waals surface area contributed by atoms with Gasteiger partial charge in [0.25, 0.3) is 5.95 Å². The minimum atomic E-state index is -0.830. The van der Waals surface area contributed by atoms with E-state index in [0.717, 1.165) is 25.7 Å². The molecule has 1 aromatic heterocycles. The fourth-order valence-electron chi connectivity index (χ4n) is 1.91. The van der Waals surface area contributed by atoms with E-state index in [1.54, 1.807) is 0 Å². The molecule has 94 valence electrons. The molecule has 0 aliphatic carbocycles. The summed E-state index contributed by atoms with van der Waals surface area (Å²) in [5.41, 5.74) is -0.338. The second-order valence-electron chi connectivity index (χ2n) is 4.10. The van der Waals surface area contributed by atoms with Crippen LogP contribution in [0.1, 0.15) is 39.5 Å². The monoisotopic (exact) mass is 238 g/mol. The zero-order chi connectivity index (χ0) is 12.8. The Balaban J connectivity index is 3.01. The maximum absolute atomic E-state index is 13.2. The highest BCUT2D eigenvalue weighted by Crippen LogP contribution is 2.15. The summed E-state index contributed by atoms with van der Waals surface area (Å²) in [6.45, 7) is 4.13. The van der Waals surface area contributed by atoms with Gasteiger partial charge in [-0.25, -0.2) is 4.98 Å². The highest BCUT2D eigenvalue weighted by atomic mass is 19.1. The molecule has 0 atom stereocenters. The van der Waals surface area contributed by atoms with Crippen molar-refractivity contribution in [2.75, 3.05) is 0 Å². The lowest BCUT2D eigenvalue weighted by Crippen LogP contribution is -2.33. The highest BCUT2D eigenvalue weighted by Gasteiger charge is 2.15. The fraction of sp³-hybridized carbons (Fsp3) is 0.583. The summed E-state index contributed by atoms with van der Waals surface area (Å²) in [7, 11) is 0. The molecule has 0 saturated carbocycles. The van der Waals surface area contributed by atoms with Gasteiger partial charge < -0.3 is 0 Å². The summed E-state index contributed by atoms with van der Waals surface area (Å²) < 4.78 is 14.4. The summed E-state index contributed by atoms with van der Waals surface area (Å²) in [4.78, 5) is 3.40. The van der Waals surface area contributed by atoms with Crippen LogP contribution in [0.25, 0.3) is 0 Å². The number of hydrogen-bond donors (Lipinski definition) is 2. The van der Waals surface area contributed by atoms with Crippen molar-refractivity contribution in [3.63, 3.8) is 0 Å². The second kappa shape index (κ2) is 6.27. The largest absolute Gasteiger partial charge is 0.288 e. The van der Waals surface area contributed by atoms with Gasteiger partial charge in [0.1, 0.15) is 5.84 Å². The lowest BCUT2D eigenvalue weighted by Gasteiger charge is -2.18. The molecule has 0 fully saturated rings. The van der Waals surface area contributed by atoms with Crippen LogP contribution in [0.15, 0.2) is 12.4 Å². The van der Waals surface area contributed by atoms with E-state index < -0.39 is 5.95 Å².